The molecular formula is C13H20N2O5. The first kappa shape index (κ1) is 16.2. The maximum Gasteiger partial charge on any atom is 0.349 e. The molecular weight excluding hydrogens is 264 g/mol. The van der Waals surface area contributed by atoms with E-state index in [0.29, 0.717) is 12.0 Å². The summed E-state index contributed by atoms with van der Waals surface area (Å²) in [7, 11) is 3.02. The van der Waals surface area contributed by atoms with E-state index in [4.69, 9.17) is 9.57 Å². The summed E-state index contributed by atoms with van der Waals surface area (Å²) in [6.07, 6.45) is 3.31. The molecule has 1 rings (SSSR count). The SMILES string of the molecule is CCC/C=C1\COC(=O)C(C)(ONC(=O)N(C)C)C1=O. The Kier molecular flexibility index (Phi) is 5.26. The molecule has 1 atom stereocenters. The fourth-order valence-electron chi connectivity index (χ4n) is 1.54. The van der Waals surface area contributed by atoms with E-state index < -0.39 is 23.4 Å². The van der Waals surface area contributed by atoms with Gasteiger partial charge in [0.1, 0.15) is 6.61 Å². The molecule has 0 aromatic carbocycles. The van der Waals surface area contributed by atoms with E-state index in [2.05, 4.69) is 5.48 Å². The number of ether oxygens (including phenoxy) is 1. The average molecular weight is 284 g/mol. The van der Waals surface area contributed by atoms with Crippen LogP contribution in [-0.4, -0.2) is 49.0 Å². The van der Waals surface area contributed by atoms with Gasteiger partial charge in [0.25, 0.3) is 5.60 Å². The van der Waals surface area contributed by atoms with Gasteiger partial charge in [0.15, 0.2) is 0 Å². The lowest BCUT2D eigenvalue weighted by Gasteiger charge is -2.31. The van der Waals surface area contributed by atoms with Crippen LogP contribution < -0.4 is 5.48 Å². The topological polar surface area (TPSA) is 84.9 Å². The molecule has 0 radical (unpaired) electrons. The Morgan fingerprint density at radius 2 is 2.15 bits per heavy atom. The average Bonchev–Trinajstić information content (AvgIpc) is 2.41. The molecule has 0 bridgehead atoms. The quantitative estimate of drug-likeness (QED) is 0.357. The number of carbonyl (C=O) groups excluding carboxylic acids is 3. The van der Waals surface area contributed by atoms with Gasteiger partial charge >= 0.3 is 12.0 Å². The summed E-state index contributed by atoms with van der Waals surface area (Å²) in [5.41, 5.74) is 0.607. The summed E-state index contributed by atoms with van der Waals surface area (Å²) >= 11 is 0. The molecule has 0 aromatic heterocycles. The second-order valence-corrected chi connectivity index (χ2v) is 4.86. The molecule has 20 heavy (non-hydrogen) atoms. The third kappa shape index (κ3) is 3.36. The van der Waals surface area contributed by atoms with Crippen LogP contribution in [-0.2, 0) is 19.2 Å². The van der Waals surface area contributed by atoms with E-state index in [-0.39, 0.29) is 6.61 Å². The zero-order chi connectivity index (χ0) is 15.3. The van der Waals surface area contributed by atoms with Gasteiger partial charge in [-0.25, -0.2) is 19.9 Å². The van der Waals surface area contributed by atoms with Crippen molar-refractivity contribution in [1.82, 2.24) is 10.4 Å². The van der Waals surface area contributed by atoms with Crippen molar-refractivity contribution in [3.05, 3.63) is 11.6 Å². The third-order valence-corrected chi connectivity index (χ3v) is 2.90. The number of carbonyl (C=O) groups is 3. The van der Waals surface area contributed by atoms with Crippen molar-refractivity contribution in [1.29, 1.82) is 0 Å². The standard InChI is InChI=1S/C13H20N2O5/c1-5-6-7-9-8-19-11(17)13(2,10(9)16)20-14-12(18)15(3)4/h7H,5-6,8H2,1-4H3,(H,14,18)/b9-7+. The predicted molar refractivity (Wildman–Crippen MR) is 70.7 cm³/mol. The van der Waals surface area contributed by atoms with Gasteiger partial charge in [-0.3, -0.25) is 4.79 Å². The van der Waals surface area contributed by atoms with Crippen molar-refractivity contribution in [3.63, 3.8) is 0 Å². The number of esters is 1. The van der Waals surface area contributed by atoms with Gasteiger partial charge in [-0.1, -0.05) is 19.4 Å². The first-order chi connectivity index (χ1) is 9.32. The number of unbranched alkanes of at least 4 members (excludes halogenated alkanes) is 1. The van der Waals surface area contributed by atoms with Crippen molar-refractivity contribution in [3.8, 4) is 0 Å². The number of hydrogen-bond donors (Lipinski definition) is 1. The number of ketones is 1. The summed E-state index contributed by atoms with van der Waals surface area (Å²) < 4.78 is 4.95. The van der Waals surface area contributed by atoms with Crippen molar-refractivity contribution >= 4 is 17.8 Å². The van der Waals surface area contributed by atoms with Crippen molar-refractivity contribution in [2.24, 2.45) is 0 Å². The number of hydrogen-bond acceptors (Lipinski definition) is 5. The lowest BCUT2D eigenvalue weighted by Crippen LogP contribution is -2.56. The van der Waals surface area contributed by atoms with Gasteiger partial charge in [0.2, 0.25) is 5.78 Å². The second kappa shape index (κ2) is 6.51. The number of amides is 2. The molecule has 1 fully saturated rings. The van der Waals surface area contributed by atoms with Crippen LogP contribution >= 0.6 is 0 Å². The smallest absolute Gasteiger partial charge is 0.349 e. The molecule has 1 heterocycles. The molecule has 1 aliphatic rings. The highest BCUT2D eigenvalue weighted by molar-refractivity contribution is 6.16. The van der Waals surface area contributed by atoms with Crippen LogP contribution in [0.3, 0.4) is 0 Å². The highest BCUT2D eigenvalue weighted by atomic mass is 16.7. The first-order valence-corrected chi connectivity index (χ1v) is 6.39. The molecule has 1 saturated heterocycles. The fourth-order valence-corrected chi connectivity index (χ4v) is 1.54. The van der Waals surface area contributed by atoms with E-state index in [1.54, 1.807) is 6.08 Å². The summed E-state index contributed by atoms with van der Waals surface area (Å²) in [5, 5.41) is 0. The number of urea groups is 1. The minimum absolute atomic E-state index is 0.0573. The predicted octanol–water partition coefficient (Wildman–Crippen LogP) is 0.800. The highest BCUT2D eigenvalue weighted by Gasteiger charge is 2.50. The summed E-state index contributed by atoms with van der Waals surface area (Å²) in [6, 6.07) is -0.573. The Balaban J connectivity index is 2.85. The van der Waals surface area contributed by atoms with Crippen LogP contribution in [0.5, 0.6) is 0 Å². The summed E-state index contributed by atoms with van der Waals surface area (Å²) in [4.78, 5) is 41.7. The van der Waals surface area contributed by atoms with Gasteiger partial charge in [-0.05, 0) is 13.3 Å². The maximum atomic E-state index is 12.3. The number of nitrogens with one attached hydrogen (secondary N) is 1. The number of hydroxylamine groups is 1. The maximum absolute atomic E-state index is 12.3. The van der Waals surface area contributed by atoms with Crippen LogP contribution in [0.1, 0.15) is 26.7 Å². The summed E-state index contributed by atoms with van der Waals surface area (Å²) in [5.74, 6) is -1.29. The molecule has 1 aliphatic heterocycles. The molecule has 0 aliphatic carbocycles. The van der Waals surface area contributed by atoms with Crippen molar-refractivity contribution in [2.75, 3.05) is 20.7 Å². The minimum atomic E-state index is -1.84. The van der Waals surface area contributed by atoms with Gasteiger partial charge < -0.3 is 9.64 Å². The lowest BCUT2D eigenvalue weighted by atomic mass is 9.92. The van der Waals surface area contributed by atoms with Crippen LogP contribution in [0.25, 0.3) is 0 Å². The van der Waals surface area contributed by atoms with Gasteiger partial charge in [0, 0.05) is 19.7 Å². The lowest BCUT2D eigenvalue weighted by molar-refractivity contribution is -0.184. The molecule has 112 valence electrons. The Morgan fingerprint density at radius 1 is 1.50 bits per heavy atom. The number of rotatable bonds is 4. The molecule has 0 aromatic rings. The third-order valence-electron chi connectivity index (χ3n) is 2.90. The number of nitrogens with zero attached hydrogens (tertiary/aromatic N) is 1. The van der Waals surface area contributed by atoms with Crippen LogP contribution in [0, 0.1) is 0 Å². The van der Waals surface area contributed by atoms with E-state index >= 15 is 0 Å². The zero-order valence-electron chi connectivity index (χ0n) is 12.2. The van der Waals surface area contributed by atoms with Crippen LogP contribution in [0.15, 0.2) is 11.6 Å². The molecule has 0 spiro atoms. The van der Waals surface area contributed by atoms with Gasteiger partial charge in [-0.2, -0.15) is 0 Å². The Hall–Kier alpha value is -1.89. The van der Waals surface area contributed by atoms with Crippen LogP contribution in [0.2, 0.25) is 0 Å². The Bertz CT molecular complexity index is 444. The van der Waals surface area contributed by atoms with E-state index in [1.165, 1.54) is 25.9 Å². The van der Waals surface area contributed by atoms with E-state index in [9.17, 15) is 14.4 Å². The molecule has 0 saturated carbocycles. The van der Waals surface area contributed by atoms with Crippen LogP contribution in [0.4, 0.5) is 4.79 Å². The van der Waals surface area contributed by atoms with E-state index in [1.807, 2.05) is 6.92 Å². The zero-order valence-corrected chi connectivity index (χ0v) is 12.2. The Morgan fingerprint density at radius 3 is 2.70 bits per heavy atom. The number of Topliss-reactive ketones (excluding diaryl/α,β-unsaturated/α-hetero) is 1. The normalized spacial score (nSPS) is 24.5. The fraction of sp³-hybridized carbons (Fsp3) is 0.615. The first-order valence-electron chi connectivity index (χ1n) is 6.39. The van der Waals surface area contributed by atoms with E-state index in [0.717, 1.165) is 6.42 Å². The summed E-state index contributed by atoms with van der Waals surface area (Å²) in [6.45, 7) is 3.20. The molecule has 1 N–H and O–H groups in total. The molecule has 7 heteroatoms. The van der Waals surface area contributed by atoms with Crippen molar-refractivity contribution < 1.29 is 24.0 Å². The largest absolute Gasteiger partial charge is 0.458 e. The number of allylic oxidation sites excluding steroid dienone is 1. The molecule has 7 nitrogen and oxygen atoms in total. The van der Waals surface area contributed by atoms with Gasteiger partial charge in [-0.15, -0.1) is 0 Å². The Labute approximate surface area is 117 Å². The second-order valence-electron chi connectivity index (χ2n) is 4.86. The highest BCUT2D eigenvalue weighted by Crippen LogP contribution is 2.24. The van der Waals surface area contributed by atoms with Gasteiger partial charge in [0.05, 0.1) is 0 Å². The molecule has 1 unspecified atom stereocenters. The number of cyclic esters (lactones) is 1. The van der Waals surface area contributed by atoms with Crippen molar-refractivity contribution in [2.45, 2.75) is 32.3 Å². The molecule has 2 amide bonds. The minimum Gasteiger partial charge on any atom is -0.458 e. The monoisotopic (exact) mass is 284 g/mol.